The molecule has 43 heavy (non-hydrogen) atoms. The van der Waals surface area contributed by atoms with Crippen LogP contribution >= 0.6 is 11.3 Å². The molecule has 6 rings (SSSR count). The van der Waals surface area contributed by atoms with E-state index in [1.807, 2.05) is 18.2 Å². The summed E-state index contributed by atoms with van der Waals surface area (Å²) in [6, 6.07) is 39.1. The van der Waals surface area contributed by atoms with Gasteiger partial charge in [-0.25, -0.2) is 4.39 Å². The molecule has 1 fully saturated rings. The van der Waals surface area contributed by atoms with E-state index in [2.05, 4.69) is 91.9 Å². The van der Waals surface area contributed by atoms with Crippen molar-refractivity contribution in [3.8, 4) is 10.4 Å². The van der Waals surface area contributed by atoms with Crippen LogP contribution in [0.15, 0.2) is 115 Å². The van der Waals surface area contributed by atoms with Crippen LogP contribution in [0.1, 0.15) is 57.9 Å². The normalized spacial score (nSPS) is 18.5. The Morgan fingerprint density at radius 1 is 0.744 bits per heavy atom. The summed E-state index contributed by atoms with van der Waals surface area (Å²) in [6.07, 6.45) is 4.26. The number of benzene rings is 4. The smallest absolute Gasteiger partial charge is 0.123 e. The minimum absolute atomic E-state index is 0.199. The summed E-state index contributed by atoms with van der Waals surface area (Å²) in [4.78, 5) is 2.49. The zero-order valence-electron chi connectivity index (χ0n) is 24.8. The maximum absolute atomic E-state index is 13.4. The fourth-order valence-corrected chi connectivity index (χ4v) is 7.23. The number of ether oxygens (including phenoxy) is 2. The summed E-state index contributed by atoms with van der Waals surface area (Å²) in [5.41, 5.74) is 7.58. The SMILES string of the molecule is Cc1ccc(C2CC(COCc3ccccc3)CC(OCc3ccccc3)C2)cc1Cc1ccc(-c2ccc(F)cc2)s1. The lowest BCUT2D eigenvalue weighted by atomic mass is 9.76. The van der Waals surface area contributed by atoms with E-state index >= 15 is 0 Å². The van der Waals surface area contributed by atoms with Crippen molar-refractivity contribution in [3.05, 3.63) is 154 Å². The summed E-state index contributed by atoms with van der Waals surface area (Å²) < 4.78 is 26.2. The van der Waals surface area contributed by atoms with E-state index in [9.17, 15) is 4.39 Å². The van der Waals surface area contributed by atoms with Crippen molar-refractivity contribution in [2.24, 2.45) is 5.92 Å². The Balaban J connectivity index is 1.16. The molecule has 0 amide bonds. The lowest BCUT2D eigenvalue weighted by molar-refractivity contribution is -0.0238. The highest BCUT2D eigenvalue weighted by molar-refractivity contribution is 7.15. The summed E-state index contributed by atoms with van der Waals surface area (Å²) in [5, 5.41) is 0. The molecule has 1 aliphatic rings. The second-order valence-electron chi connectivity index (χ2n) is 11.8. The molecule has 0 saturated heterocycles. The van der Waals surface area contributed by atoms with Crippen LogP contribution in [0.25, 0.3) is 10.4 Å². The van der Waals surface area contributed by atoms with Crippen LogP contribution < -0.4 is 0 Å². The number of aryl methyl sites for hydroxylation is 1. The lowest BCUT2D eigenvalue weighted by Crippen LogP contribution is -2.30. The van der Waals surface area contributed by atoms with Crippen LogP contribution in [0.2, 0.25) is 0 Å². The van der Waals surface area contributed by atoms with Crippen molar-refractivity contribution in [1.29, 1.82) is 0 Å². The maximum Gasteiger partial charge on any atom is 0.123 e. The van der Waals surface area contributed by atoms with E-state index in [-0.39, 0.29) is 11.9 Å². The predicted molar refractivity (Wildman–Crippen MR) is 175 cm³/mol. The first-order chi connectivity index (χ1) is 21.1. The van der Waals surface area contributed by atoms with Gasteiger partial charge in [-0.1, -0.05) is 91.0 Å². The van der Waals surface area contributed by atoms with Gasteiger partial charge in [-0.3, -0.25) is 0 Å². The molecular formula is C39H39FO2S. The lowest BCUT2D eigenvalue weighted by Gasteiger charge is -2.35. The Kier molecular flexibility index (Phi) is 9.79. The van der Waals surface area contributed by atoms with Gasteiger partial charge in [-0.15, -0.1) is 11.3 Å². The van der Waals surface area contributed by atoms with Crippen molar-refractivity contribution in [2.75, 3.05) is 6.61 Å². The Labute approximate surface area is 259 Å². The topological polar surface area (TPSA) is 18.5 Å². The number of halogens is 1. The van der Waals surface area contributed by atoms with Crippen LogP contribution in [0.4, 0.5) is 4.39 Å². The third-order valence-electron chi connectivity index (χ3n) is 8.55. The summed E-state index contributed by atoms with van der Waals surface area (Å²) >= 11 is 1.79. The average molecular weight is 591 g/mol. The van der Waals surface area contributed by atoms with E-state index < -0.39 is 0 Å². The van der Waals surface area contributed by atoms with Crippen molar-refractivity contribution < 1.29 is 13.9 Å². The van der Waals surface area contributed by atoms with Crippen LogP contribution in [0, 0.1) is 18.7 Å². The Hall–Kier alpha value is -3.57. The minimum atomic E-state index is -0.201. The summed E-state index contributed by atoms with van der Waals surface area (Å²) in [6.45, 7) is 4.24. The molecule has 5 aromatic rings. The van der Waals surface area contributed by atoms with Crippen molar-refractivity contribution in [1.82, 2.24) is 0 Å². The molecule has 0 spiro atoms. The van der Waals surface area contributed by atoms with Gasteiger partial charge in [0.2, 0.25) is 0 Å². The minimum Gasteiger partial charge on any atom is -0.376 e. The molecule has 0 aliphatic heterocycles. The summed E-state index contributed by atoms with van der Waals surface area (Å²) in [5.74, 6) is 0.675. The fourth-order valence-electron chi connectivity index (χ4n) is 6.20. The van der Waals surface area contributed by atoms with Crippen LogP contribution in [-0.2, 0) is 29.1 Å². The van der Waals surface area contributed by atoms with E-state index in [0.717, 1.165) is 37.9 Å². The second-order valence-corrected chi connectivity index (χ2v) is 13.0. The molecule has 3 atom stereocenters. The van der Waals surface area contributed by atoms with Gasteiger partial charge in [0.15, 0.2) is 0 Å². The Morgan fingerprint density at radius 2 is 1.47 bits per heavy atom. The van der Waals surface area contributed by atoms with Crippen LogP contribution in [0.3, 0.4) is 0 Å². The molecule has 0 bridgehead atoms. The van der Waals surface area contributed by atoms with Gasteiger partial charge in [0.25, 0.3) is 0 Å². The standard InChI is InChI=1S/C39H39FO2S/c1-28-12-13-33(22-34(28)24-38-18-19-39(43-38)32-14-16-36(40)17-15-32)35-20-31(26-41-25-29-8-4-2-5-9-29)21-37(23-35)42-27-30-10-6-3-7-11-30/h2-19,22,31,35,37H,20-21,23-27H2,1H3. The van der Waals surface area contributed by atoms with E-state index in [1.54, 1.807) is 11.3 Å². The zero-order valence-corrected chi connectivity index (χ0v) is 25.6. The first-order valence-electron chi connectivity index (χ1n) is 15.3. The largest absolute Gasteiger partial charge is 0.376 e. The molecule has 0 radical (unpaired) electrons. The number of rotatable bonds is 11. The number of hydrogen-bond donors (Lipinski definition) is 0. The maximum atomic E-state index is 13.4. The van der Waals surface area contributed by atoms with Gasteiger partial charge in [-0.2, -0.15) is 0 Å². The van der Waals surface area contributed by atoms with Crippen molar-refractivity contribution >= 4 is 11.3 Å². The molecule has 220 valence electrons. The molecule has 0 N–H and O–H groups in total. The predicted octanol–water partition coefficient (Wildman–Crippen LogP) is 10.1. The van der Waals surface area contributed by atoms with E-state index in [0.29, 0.717) is 25.0 Å². The quantitative estimate of drug-likeness (QED) is 0.152. The van der Waals surface area contributed by atoms with Crippen LogP contribution in [-0.4, -0.2) is 12.7 Å². The van der Waals surface area contributed by atoms with Gasteiger partial charge in [0, 0.05) is 22.8 Å². The second kappa shape index (κ2) is 14.3. The molecular weight excluding hydrogens is 551 g/mol. The molecule has 4 heteroatoms. The van der Waals surface area contributed by atoms with Gasteiger partial charge in [0.1, 0.15) is 5.82 Å². The molecule has 1 aliphatic carbocycles. The first kappa shape index (κ1) is 29.5. The summed E-state index contributed by atoms with van der Waals surface area (Å²) in [7, 11) is 0. The number of thiophene rings is 1. The Morgan fingerprint density at radius 3 is 2.21 bits per heavy atom. The fraction of sp³-hybridized carbons (Fsp3) is 0.282. The highest BCUT2D eigenvalue weighted by Gasteiger charge is 2.31. The van der Waals surface area contributed by atoms with Crippen LogP contribution in [0.5, 0.6) is 0 Å². The highest BCUT2D eigenvalue weighted by atomic mass is 32.1. The molecule has 2 nitrogen and oxygen atoms in total. The third kappa shape index (κ3) is 8.08. The van der Waals surface area contributed by atoms with Gasteiger partial charge in [-0.05, 0) is 95.7 Å². The van der Waals surface area contributed by atoms with Gasteiger partial charge >= 0.3 is 0 Å². The zero-order chi connectivity index (χ0) is 29.4. The molecule has 1 aromatic heterocycles. The third-order valence-corrected chi connectivity index (χ3v) is 9.69. The molecule has 4 aromatic carbocycles. The Bertz CT molecular complexity index is 1580. The monoisotopic (exact) mass is 590 g/mol. The van der Waals surface area contributed by atoms with Crippen molar-refractivity contribution in [3.63, 3.8) is 0 Å². The van der Waals surface area contributed by atoms with Gasteiger partial charge < -0.3 is 9.47 Å². The van der Waals surface area contributed by atoms with Crippen molar-refractivity contribution in [2.45, 2.75) is 57.8 Å². The van der Waals surface area contributed by atoms with Gasteiger partial charge in [0.05, 0.1) is 19.3 Å². The highest BCUT2D eigenvalue weighted by Crippen LogP contribution is 2.39. The average Bonchev–Trinajstić information content (AvgIpc) is 3.51. The first-order valence-corrected chi connectivity index (χ1v) is 16.1. The molecule has 1 heterocycles. The van der Waals surface area contributed by atoms with E-state index in [4.69, 9.17) is 9.47 Å². The molecule has 3 unspecified atom stereocenters. The van der Waals surface area contributed by atoms with E-state index in [1.165, 1.54) is 49.7 Å². The molecule has 1 saturated carbocycles. The number of hydrogen-bond acceptors (Lipinski definition) is 3.